The number of rotatable bonds is 7. The first-order valence-electron chi connectivity index (χ1n) is 5.60. The molecule has 1 rings (SSSR count). The number of benzene rings is 1. The second-order valence-corrected chi connectivity index (χ2v) is 3.75. The van der Waals surface area contributed by atoms with E-state index in [-0.39, 0.29) is 26.2 Å². The Morgan fingerprint density at radius 1 is 1.11 bits per heavy atom. The summed E-state index contributed by atoms with van der Waals surface area (Å²) in [6.45, 7) is 0.627. The maximum atomic E-state index is 11.8. The van der Waals surface area contributed by atoms with Gasteiger partial charge >= 0.3 is 6.18 Å². The van der Waals surface area contributed by atoms with Gasteiger partial charge in [0, 0.05) is 24.8 Å². The molecule has 0 aliphatic carbocycles. The molecule has 0 aliphatic rings. The second kappa shape index (κ2) is 7.10. The van der Waals surface area contributed by atoms with Crippen molar-refractivity contribution in [2.24, 2.45) is 0 Å². The summed E-state index contributed by atoms with van der Waals surface area (Å²) in [6, 6.07) is 6.92. The Morgan fingerprint density at radius 3 is 2.56 bits per heavy atom. The summed E-state index contributed by atoms with van der Waals surface area (Å²) in [7, 11) is 0. The number of halogens is 3. The number of ether oxygens (including phenoxy) is 2. The van der Waals surface area contributed by atoms with Gasteiger partial charge in [0.05, 0.1) is 6.61 Å². The SMILES string of the molecule is Nc1cccc(OCCOCCCC(F)(F)F)c1. The van der Waals surface area contributed by atoms with E-state index in [9.17, 15) is 13.2 Å². The number of hydrogen-bond acceptors (Lipinski definition) is 3. The zero-order valence-electron chi connectivity index (χ0n) is 9.87. The van der Waals surface area contributed by atoms with E-state index in [1.165, 1.54) is 0 Å². The summed E-state index contributed by atoms with van der Waals surface area (Å²) in [5, 5.41) is 0. The van der Waals surface area contributed by atoms with E-state index in [2.05, 4.69) is 0 Å². The van der Waals surface area contributed by atoms with E-state index in [4.69, 9.17) is 15.2 Å². The molecule has 0 aromatic heterocycles. The van der Waals surface area contributed by atoms with Crippen LogP contribution in [0.15, 0.2) is 24.3 Å². The molecule has 0 saturated heterocycles. The summed E-state index contributed by atoms with van der Waals surface area (Å²) in [5.74, 6) is 0.619. The van der Waals surface area contributed by atoms with Crippen LogP contribution in [0.4, 0.5) is 18.9 Å². The van der Waals surface area contributed by atoms with E-state index in [0.717, 1.165) is 0 Å². The van der Waals surface area contributed by atoms with Crippen molar-refractivity contribution >= 4 is 5.69 Å². The van der Waals surface area contributed by atoms with Gasteiger partial charge in [0.2, 0.25) is 0 Å². The minimum absolute atomic E-state index is 0.0260. The highest BCUT2D eigenvalue weighted by molar-refractivity contribution is 5.43. The van der Waals surface area contributed by atoms with Gasteiger partial charge in [-0.15, -0.1) is 0 Å². The lowest BCUT2D eigenvalue weighted by Gasteiger charge is -2.08. The molecular formula is C12H16F3NO2. The lowest BCUT2D eigenvalue weighted by atomic mass is 10.3. The summed E-state index contributed by atoms with van der Waals surface area (Å²) in [6.07, 6.45) is -4.95. The standard InChI is InChI=1S/C12H16F3NO2/c13-12(14,15)5-2-6-17-7-8-18-11-4-1-3-10(16)9-11/h1,3-4,9H,2,5-8,16H2. The molecule has 1 aromatic rings. The Labute approximate surface area is 104 Å². The van der Waals surface area contributed by atoms with Crippen LogP contribution in [-0.4, -0.2) is 26.0 Å². The summed E-state index contributed by atoms with van der Waals surface area (Å²) >= 11 is 0. The molecule has 0 fully saturated rings. The average Bonchev–Trinajstić information content (AvgIpc) is 2.26. The van der Waals surface area contributed by atoms with Crippen molar-refractivity contribution in [3.05, 3.63) is 24.3 Å². The monoisotopic (exact) mass is 263 g/mol. The maximum Gasteiger partial charge on any atom is 0.389 e. The largest absolute Gasteiger partial charge is 0.491 e. The predicted molar refractivity (Wildman–Crippen MR) is 62.5 cm³/mol. The van der Waals surface area contributed by atoms with Gasteiger partial charge in [-0.1, -0.05) is 6.07 Å². The first-order chi connectivity index (χ1) is 8.47. The molecule has 0 heterocycles. The van der Waals surface area contributed by atoms with Crippen LogP contribution < -0.4 is 10.5 Å². The van der Waals surface area contributed by atoms with Crippen LogP contribution in [0.2, 0.25) is 0 Å². The third kappa shape index (κ3) is 7.01. The molecule has 0 unspecified atom stereocenters. The molecule has 2 N–H and O–H groups in total. The number of nitrogens with two attached hydrogens (primary N) is 1. The second-order valence-electron chi connectivity index (χ2n) is 3.75. The molecule has 0 bridgehead atoms. The molecule has 6 heteroatoms. The summed E-state index contributed by atoms with van der Waals surface area (Å²) in [5.41, 5.74) is 6.15. The number of nitrogen functional groups attached to an aromatic ring is 1. The highest BCUT2D eigenvalue weighted by Crippen LogP contribution is 2.21. The normalized spacial score (nSPS) is 11.5. The van der Waals surface area contributed by atoms with Crippen molar-refractivity contribution in [1.29, 1.82) is 0 Å². The van der Waals surface area contributed by atoms with E-state index >= 15 is 0 Å². The minimum Gasteiger partial charge on any atom is -0.491 e. The molecular weight excluding hydrogens is 247 g/mol. The van der Waals surface area contributed by atoms with Crippen LogP contribution in [0.5, 0.6) is 5.75 Å². The lowest BCUT2D eigenvalue weighted by Crippen LogP contribution is -2.11. The predicted octanol–water partition coefficient (Wildman–Crippen LogP) is 3.01. The molecule has 18 heavy (non-hydrogen) atoms. The fraction of sp³-hybridized carbons (Fsp3) is 0.500. The Morgan fingerprint density at radius 2 is 1.89 bits per heavy atom. The highest BCUT2D eigenvalue weighted by atomic mass is 19.4. The van der Waals surface area contributed by atoms with E-state index in [0.29, 0.717) is 11.4 Å². The van der Waals surface area contributed by atoms with Gasteiger partial charge in [-0.3, -0.25) is 0 Å². The topological polar surface area (TPSA) is 44.5 Å². The first-order valence-corrected chi connectivity index (χ1v) is 5.60. The summed E-state index contributed by atoms with van der Waals surface area (Å²) in [4.78, 5) is 0. The molecule has 0 amide bonds. The van der Waals surface area contributed by atoms with Gasteiger partial charge in [-0.2, -0.15) is 13.2 Å². The highest BCUT2D eigenvalue weighted by Gasteiger charge is 2.25. The van der Waals surface area contributed by atoms with Crippen LogP contribution in [0, 0.1) is 0 Å². The van der Waals surface area contributed by atoms with Crippen molar-refractivity contribution in [1.82, 2.24) is 0 Å². The fourth-order valence-corrected chi connectivity index (χ4v) is 1.30. The molecule has 3 nitrogen and oxygen atoms in total. The van der Waals surface area contributed by atoms with Crippen LogP contribution in [0.1, 0.15) is 12.8 Å². The number of alkyl halides is 3. The molecule has 0 radical (unpaired) electrons. The molecule has 0 saturated carbocycles. The van der Waals surface area contributed by atoms with Gasteiger partial charge in [0.1, 0.15) is 12.4 Å². The number of hydrogen-bond donors (Lipinski definition) is 1. The van der Waals surface area contributed by atoms with Crippen LogP contribution in [0.25, 0.3) is 0 Å². The van der Waals surface area contributed by atoms with Gasteiger partial charge in [0.25, 0.3) is 0 Å². The van der Waals surface area contributed by atoms with Gasteiger partial charge in [-0.05, 0) is 18.6 Å². The molecule has 0 atom stereocenters. The van der Waals surface area contributed by atoms with E-state index in [1.807, 2.05) is 0 Å². The lowest BCUT2D eigenvalue weighted by molar-refractivity contribution is -0.138. The van der Waals surface area contributed by atoms with Crippen LogP contribution in [0.3, 0.4) is 0 Å². The van der Waals surface area contributed by atoms with Crippen molar-refractivity contribution < 1.29 is 22.6 Å². The average molecular weight is 263 g/mol. The minimum atomic E-state index is -4.11. The van der Waals surface area contributed by atoms with Crippen molar-refractivity contribution in [2.75, 3.05) is 25.6 Å². The van der Waals surface area contributed by atoms with Gasteiger partial charge < -0.3 is 15.2 Å². The van der Waals surface area contributed by atoms with Crippen molar-refractivity contribution in [3.63, 3.8) is 0 Å². The van der Waals surface area contributed by atoms with Gasteiger partial charge in [-0.25, -0.2) is 0 Å². The maximum absolute atomic E-state index is 11.8. The first kappa shape index (κ1) is 14.6. The molecule has 0 aliphatic heterocycles. The molecule has 102 valence electrons. The van der Waals surface area contributed by atoms with E-state index in [1.54, 1.807) is 24.3 Å². The zero-order chi connectivity index (χ0) is 13.4. The van der Waals surface area contributed by atoms with Crippen LogP contribution in [-0.2, 0) is 4.74 Å². The summed E-state index contributed by atoms with van der Waals surface area (Å²) < 4.78 is 45.7. The Balaban J connectivity index is 2.02. The molecule has 1 aromatic carbocycles. The smallest absolute Gasteiger partial charge is 0.389 e. The Kier molecular flexibility index (Phi) is 5.77. The third-order valence-electron chi connectivity index (χ3n) is 2.10. The zero-order valence-corrected chi connectivity index (χ0v) is 9.87. The van der Waals surface area contributed by atoms with E-state index < -0.39 is 12.6 Å². The number of anilines is 1. The third-order valence-corrected chi connectivity index (χ3v) is 2.10. The van der Waals surface area contributed by atoms with Crippen molar-refractivity contribution in [2.45, 2.75) is 19.0 Å². The van der Waals surface area contributed by atoms with Crippen LogP contribution >= 0.6 is 0 Å². The Hall–Kier alpha value is -1.43. The quantitative estimate of drug-likeness (QED) is 0.607. The Bertz CT molecular complexity index is 355. The van der Waals surface area contributed by atoms with Crippen molar-refractivity contribution in [3.8, 4) is 5.75 Å². The van der Waals surface area contributed by atoms with Gasteiger partial charge in [0.15, 0.2) is 0 Å². The fourth-order valence-electron chi connectivity index (χ4n) is 1.30. The molecule has 0 spiro atoms.